The molecule has 0 radical (unpaired) electrons. The Kier molecular flexibility index (Phi) is 5.59. The highest BCUT2D eigenvalue weighted by molar-refractivity contribution is 6.31. The molecule has 3 N–H and O–H groups in total. The lowest BCUT2D eigenvalue weighted by Gasteiger charge is -2.11. The number of hydrogen-bond donors (Lipinski definition) is 2. The number of nitrogens with one attached hydrogen (secondary N) is 1. The number of hydrogen-bond acceptors (Lipinski definition) is 2. The fourth-order valence-corrected chi connectivity index (χ4v) is 2.38. The van der Waals surface area contributed by atoms with Gasteiger partial charge in [0.2, 0.25) is 5.91 Å². The van der Waals surface area contributed by atoms with Crippen LogP contribution in [0, 0.1) is 11.7 Å². The number of halogens is 3. The van der Waals surface area contributed by atoms with Crippen molar-refractivity contribution in [3.8, 4) is 0 Å². The highest BCUT2D eigenvalue weighted by atomic mass is 35.5. The Morgan fingerprint density at radius 2 is 2.32 bits per heavy atom. The number of carbonyl (C=O) groups is 1. The third-order valence-corrected chi connectivity index (χ3v) is 3.57. The van der Waals surface area contributed by atoms with Crippen molar-refractivity contribution in [1.82, 2.24) is 5.32 Å². The van der Waals surface area contributed by atoms with Gasteiger partial charge in [-0.3, -0.25) is 4.79 Å². The molecular weight excluding hydrogens is 290 g/mol. The maximum Gasteiger partial charge on any atom is 0.224 e. The Balaban J connectivity index is 0.00000180. The van der Waals surface area contributed by atoms with Gasteiger partial charge in [-0.1, -0.05) is 17.7 Å². The average Bonchev–Trinajstić information content (AvgIpc) is 3.08. The van der Waals surface area contributed by atoms with Crippen LogP contribution in [0.25, 0.3) is 0 Å². The molecule has 1 aromatic rings. The summed E-state index contributed by atoms with van der Waals surface area (Å²) >= 11 is 5.98. The number of amides is 1. The zero-order chi connectivity index (χ0) is 13.3. The molecule has 19 heavy (non-hydrogen) atoms. The van der Waals surface area contributed by atoms with Gasteiger partial charge in [-0.15, -0.1) is 12.4 Å². The summed E-state index contributed by atoms with van der Waals surface area (Å²) in [4.78, 5) is 11.8. The zero-order valence-corrected chi connectivity index (χ0v) is 12.1. The van der Waals surface area contributed by atoms with E-state index in [0.717, 1.165) is 0 Å². The second-order valence-electron chi connectivity index (χ2n) is 4.73. The van der Waals surface area contributed by atoms with E-state index in [9.17, 15) is 9.18 Å². The highest BCUT2D eigenvalue weighted by Gasteiger charge is 2.46. The maximum absolute atomic E-state index is 13.7. The number of nitrogens with two attached hydrogens (primary N) is 1. The highest BCUT2D eigenvalue weighted by Crippen LogP contribution is 2.50. The molecule has 2 rings (SSSR count). The van der Waals surface area contributed by atoms with Crippen molar-refractivity contribution in [2.24, 2.45) is 11.7 Å². The van der Waals surface area contributed by atoms with Gasteiger partial charge in [0.15, 0.2) is 0 Å². The second-order valence-corrected chi connectivity index (χ2v) is 5.14. The van der Waals surface area contributed by atoms with Crippen LogP contribution in [0.3, 0.4) is 0 Å². The smallest absolute Gasteiger partial charge is 0.224 e. The van der Waals surface area contributed by atoms with Crippen LogP contribution in [-0.2, 0) is 4.79 Å². The molecule has 0 heterocycles. The Morgan fingerprint density at radius 3 is 2.89 bits per heavy atom. The fourth-order valence-electron chi connectivity index (χ4n) is 2.08. The minimum atomic E-state index is -0.338. The van der Waals surface area contributed by atoms with Crippen molar-refractivity contribution >= 4 is 29.9 Å². The molecule has 0 bridgehead atoms. The van der Waals surface area contributed by atoms with Crippen LogP contribution in [0.5, 0.6) is 0 Å². The minimum absolute atomic E-state index is 0. The molecule has 1 fully saturated rings. The largest absolute Gasteiger partial charge is 0.352 e. The van der Waals surface area contributed by atoms with Crippen LogP contribution in [0.4, 0.5) is 4.39 Å². The van der Waals surface area contributed by atoms with E-state index < -0.39 is 0 Å². The van der Waals surface area contributed by atoms with E-state index in [-0.39, 0.29) is 42.0 Å². The van der Waals surface area contributed by atoms with E-state index in [1.807, 2.05) is 6.92 Å². The van der Waals surface area contributed by atoms with E-state index in [0.29, 0.717) is 23.6 Å². The Bertz CT molecular complexity index is 450. The molecule has 1 saturated carbocycles. The molecule has 3 nitrogen and oxygen atoms in total. The third kappa shape index (κ3) is 3.59. The molecule has 0 spiro atoms. The summed E-state index contributed by atoms with van der Waals surface area (Å²) in [6.07, 6.45) is 0.643. The van der Waals surface area contributed by atoms with Crippen molar-refractivity contribution in [2.75, 3.05) is 6.54 Å². The molecule has 106 valence electrons. The van der Waals surface area contributed by atoms with E-state index in [4.69, 9.17) is 17.3 Å². The molecule has 1 amide bonds. The van der Waals surface area contributed by atoms with Gasteiger partial charge in [-0.05, 0) is 25.5 Å². The summed E-state index contributed by atoms with van der Waals surface area (Å²) in [5, 5.41) is 3.19. The van der Waals surface area contributed by atoms with Gasteiger partial charge in [0.25, 0.3) is 0 Å². The predicted molar refractivity (Wildman–Crippen MR) is 76.2 cm³/mol. The first-order chi connectivity index (χ1) is 8.54. The standard InChI is InChI=1S/C13H16ClFN2O.ClH/c1-7(6-16)17-13(18)9-5-8(9)12-10(14)3-2-4-11(12)15;/h2-4,7-9H,5-6,16H2,1H3,(H,17,18);1H/t7-,8?,9?;/m0./s1. The van der Waals surface area contributed by atoms with E-state index >= 15 is 0 Å². The molecule has 0 aliphatic heterocycles. The topological polar surface area (TPSA) is 55.1 Å². The lowest BCUT2D eigenvalue weighted by Crippen LogP contribution is -2.38. The monoisotopic (exact) mass is 306 g/mol. The summed E-state index contributed by atoms with van der Waals surface area (Å²) in [5.74, 6) is -0.705. The van der Waals surface area contributed by atoms with E-state index in [1.54, 1.807) is 12.1 Å². The summed E-state index contributed by atoms with van der Waals surface area (Å²) in [7, 11) is 0. The molecular formula is C13H17Cl2FN2O. The first-order valence-electron chi connectivity index (χ1n) is 5.99. The van der Waals surface area contributed by atoms with E-state index in [2.05, 4.69) is 5.32 Å². The van der Waals surface area contributed by atoms with Gasteiger partial charge in [-0.25, -0.2) is 4.39 Å². The van der Waals surface area contributed by atoms with Gasteiger partial charge in [0.05, 0.1) is 0 Å². The van der Waals surface area contributed by atoms with E-state index in [1.165, 1.54) is 6.07 Å². The molecule has 2 unspecified atom stereocenters. The van der Waals surface area contributed by atoms with Crippen LogP contribution in [0.2, 0.25) is 5.02 Å². The normalized spacial score (nSPS) is 22.3. The van der Waals surface area contributed by atoms with Crippen molar-refractivity contribution in [3.05, 3.63) is 34.6 Å². The van der Waals surface area contributed by atoms with Crippen LogP contribution < -0.4 is 11.1 Å². The molecule has 1 aliphatic rings. The molecule has 3 atom stereocenters. The molecule has 0 saturated heterocycles. The second kappa shape index (κ2) is 6.55. The number of rotatable bonds is 4. The predicted octanol–water partition coefficient (Wildman–Crippen LogP) is 2.47. The van der Waals surface area contributed by atoms with Crippen LogP contribution in [0.1, 0.15) is 24.8 Å². The third-order valence-electron chi connectivity index (χ3n) is 3.24. The number of carbonyl (C=O) groups excluding carboxylic acids is 1. The van der Waals surface area contributed by atoms with Crippen LogP contribution in [0.15, 0.2) is 18.2 Å². The molecule has 6 heteroatoms. The molecule has 1 aromatic carbocycles. The molecule has 1 aliphatic carbocycles. The maximum atomic E-state index is 13.7. The van der Waals surface area contributed by atoms with Crippen molar-refractivity contribution < 1.29 is 9.18 Å². The quantitative estimate of drug-likeness (QED) is 0.898. The number of benzene rings is 1. The fraction of sp³-hybridized carbons (Fsp3) is 0.462. The van der Waals surface area contributed by atoms with Gasteiger partial charge in [-0.2, -0.15) is 0 Å². The Morgan fingerprint density at radius 1 is 1.63 bits per heavy atom. The first-order valence-corrected chi connectivity index (χ1v) is 6.36. The van der Waals surface area contributed by atoms with Gasteiger partial charge in [0.1, 0.15) is 5.82 Å². The zero-order valence-electron chi connectivity index (χ0n) is 10.5. The summed E-state index contributed by atoms with van der Waals surface area (Å²) in [6, 6.07) is 4.52. The SMILES string of the molecule is C[C@@H](CN)NC(=O)C1CC1c1c(F)cccc1Cl.Cl. The molecule has 0 aromatic heterocycles. The van der Waals surface area contributed by atoms with Crippen LogP contribution >= 0.6 is 24.0 Å². The van der Waals surface area contributed by atoms with Gasteiger partial charge in [0, 0.05) is 35.0 Å². The van der Waals surface area contributed by atoms with Gasteiger partial charge >= 0.3 is 0 Å². The Labute approximate surface area is 123 Å². The summed E-state index contributed by atoms with van der Waals surface area (Å²) in [6.45, 7) is 2.23. The first kappa shape index (κ1) is 16.2. The lowest BCUT2D eigenvalue weighted by atomic mass is 10.1. The Hall–Kier alpha value is -0.840. The average molecular weight is 307 g/mol. The lowest BCUT2D eigenvalue weighted by molar-refractivity contribution is -0.122. The minimum Gasteiger partial charge on any atom is -0.352 e. The summed E-state index contributed by atoms with van der Waals surface area (Å²) < 4.78 is 13.7. The summed E-state index contributed by atoms with van der Waals surface area (Å²) in [5.41, 5.74) is 5.90. The van der Waals surface area contributed by atoms with Crippen LogP contribution in [-0.4, -0.2) is 18.5 Å². The van der Waals surface area contributed by atoms with Crippen molar-refractivity contribution in [1.29, 1.82) is 0 Å². The van der Waals surface area contributed by atoms with Crippen molar-refractivity contribution in [2.45, 2.75) is 25.3 Å². The van der Waals surface area contributed by atoms with Gasteiger partial charge < -0.3 is 11.1 Å². The van der Waals surface area contributed by atoms with Crippen molar-refractivity contribution in [3.63, 3.8) is 0 Å².